The Balaban J connectivity index is 2.81. The summed E-state index contributed by atoms with van der Waals surface area (Å²) in [5.41, 5.74) is -0.785. The molecule has 1 aromatic rings. The Hall–Kier alpha value is -2.06. The first-order valence-corrected chi connectivity index (χ1v) is 5.73. The van der Waals surface area contributed by atoms with Crippen LogP contribution in [0, 0.1) is 15.9 Å². The van der Waals surface area contributed by atoms with Crippen molar-refractivity contribution in [1.29, 1.82) is 0 Å². The zero-order valence-corrected chi connectivity index (χ0v) is 11.1. The van der Waals surface area contributed by atoms with Crippen molar-refractivity contribution in [1.82, 2.24) is 5.32 Å². The topological polar surface area (TPSA) is 90.7 Å². The van der Waals surface area contributed by atoms with E-state index in [1.807, 2.05) is 0 Å². The third kappa shape index (κ3) is 4.25. The summed E-state index contributed by atoms with van der Waals surface area (Å²) in [6.07, 6.45) is -0.392. The molecule has 0 saturated carbocycles. The number of amides is 1. The molecule has 0 saturated heterocycles. The van der Waals surface area contributed by atoms with Crippen LogP contribution in [0.15, 0.2) is 18.2 Å². The molecule has 0 bridgehead atoms. The summed E-state index contributed by atoms with van der Waals surface area (Å²) in [6.45, 7) is 0.346. The van der Waals surface area contributed by atoms with Gasteiger partial charge in [0.15, 0.2) is 0 Å². The first-order chi connectivity index (χ1) is 9.49. The van der Waals surface area contributed by atoms with E-state index < -0.39 is 28.4 Å². The van der Waals surface area contributed by atoms with E-state index in [9.17, 15) is 19.3 Å². The van der Waals surface area contributed by atoms with Crippen LogP contribution in [-0.2, 0) is 9.47 Å². The average Bonchev–Trinajstić information content (AvgIpc) is 2.42. The molecule has 0 aliphatic carbocycles. The molecule has 0 aromatic heterocycles. The van der Waals surface area contributed by atoms with E-state index in [4.69, 9.17) is 9.47 Å². The van der Waals surface area contributed by atoms with E-state index in [1.165, 1.54) is 14.2 Å². The van der Waals surface area contributed by atoms with Gasteiger partial charge in [0.2, 0.25) is 0 Å². The lowest BCUT2D eigenvalue weighted by molar-refractivity contribution is -0.385. The van der Waals surface area contributed by atoms with Crippen molar-refractivity contribution >= 4 is 11.6 Å². The molecule has 1 atom stereocenters. The van der Waals surface area contributed by atoms with Crippen LogP contribution in [0.3, 0.4) is 0 Å². The summed E-state index contributed by atoms with van der Waals surface area (Å²) >= 11 is 0. The second kappa shape index (κ2) is 7.51. The van der Waals surface area contributed by atoms with E-state index in [0.717, 1.165) is 18.2 Å². The number of nitro groups is 1. The predicted molar refractivity (Wildman–Crippen MR) is 68.1 cm³/mol. The Bertz CT molecular complexity index is 495. The van der Waals surface area contributed by atoms with Crippen LogP contribution >= 0.6 is 0 Å². The fourth-order valence-corrected chi connectivity index (χ4v) is 1.55. The Morgan fingerprint density at radius 1 is 1.50 bits per heavy atom. The van der Waals surface area contributed by atoms with Gasteiger partial charge in [0.1, 0.15) is 11.4 Å². The standard InChI is InChI=1S/C12H15FN2O5/c1-19-7-9(20-2)6-14-12(16)10-5-8(13)3-4-11(10)15(17)18/h3-5,9H,6-7H2,1-2H3,(H,14,16). The Morgan fingerprint density at radius 2 is 2.20 bits per heavy atom. The normalized spacial score (nSPS) is 11.9. The van der Waals surface area contributed by atoms with Crippen LogP contribution in [0.2, 0.25) is 0 Å². The van der Waals surface area contributed by atoms with Crippen LogP contribution in [-0.4, -0.2) is 44.3 Å². The molecule has 0 heterocycles. The molecule has 0 spiro atoms. The highest BCUT2D eigenvalue weighted by molar-refractivity contribution is 5.98. The van der Waals surface area contributed by atoms with Gasteiger partial charge < -0.3 is 14.8 Å². The number of nitrogens with zero attached hydrogens (tertiary/aromatic N) is 1. The molecule has 110 valence electrons. The van der Waals surface area contributed by atoms with E-state index in [0.29, 0.717) is 0 Å². The van der Waals surface area contributed by atoms with Crippen molar-refractivity contribution in [2.45, 2.75) is 6.10 Å². The van der Waals surface area contributed by atoms with Gasteiger partial charge in [-0.1, -0.05) is 0 Å². The van der Waals surface area contributed by atoms with E-state index in [-0.39, 0.29) is 18.7 Å². The number of rotatable bonds is 7. The Kier molecular flexibility index (Phi) is 6.01. The monoisotopic (exact) mass is 286 g/mol. The zero-order chi connectivity index (χ0) is 15.1. The number of hydrogen-bond acceptors (Lipinski definition) is 5. The number of nitrogens with one attached hydrogen (secondary N) is 1. The maximum Gasteiger partial charge on any atom is 0.282 e. The quantitative estimate of drug-likeness (QED) is 0.599. The highest BCUT2D eigenvalue weighted by Gasteiger charge is 2.21. The zero-order valence-electron chi connectivity index (χ0n) is 11.1. The third-order valence-electron chi connectivity index (χ3n) is 2.58. The van der Waals surface area contributed by atoms with Crippen LogP contribution in [0.25, 0.3) is 0 Å². The number of nitro benzene ring substituents is 1. The van der Waals surface area contributed by atoms with Gasteiger partial charge in [0.05, 0.1) is 17.6 Å². The molecule has 1 aromatic carbocycles. The number of carbonyl (C=O) groups is 1. The summed E-state index contributed by atoms with van der Waals surface area (Å²) in [7, 11) is 2.92. The van der Waals surface area contributed by atoms with Gasteiger partial charge in [0, 0.05) is 26.8 Å². The summed E-state index contributed by atoms with van der Waals surface area (Å²) in [5, 5.41) is 13.2. The van der Waals surface area contributed by atoms with Crippen LogP contribution in [0.5, 0.6) is 0 Å². The molecule has 0 aliphatic rings. The second-order valence-corrected chi connectivity index (χ2v) is 3.94. The minimum absolute atomic E-state index is 0.0941. The van der Waals surface area contributed by atoms with Gasteiger partial charge >= 0.3 is 0 Å². The minimum Gasteiger partial charge on any atom is -0.382 e. The number of halogens is 1. The van der Waals surface area contributed by atoms with Crippen LogP contribution in [0.4, 0.5) is 10.1 Å². The van der Waals surface area contributed by atoms with Gasteiger partial charge in [-0.15, -0.1) is 0 Å². The molecule has 1 amide bonds. The third-order valence-corrected chi connectivity index (χ3v) is 2.58. The molecular formula is C12H15FN2O5. The maximum atomic E-state index is 13.1. The highest BCUT2D eigenvalue weighted by Crippen LogP contribution is 2.19. The summed E-state index contributed by atoms with van der Waals surface area (Å²) in [6, 6.07) is 2.70. The Labute approximate surface area is 114 Å². The van der Waals surface area contributed by atoms with Gasteiger partial charge in [0.25, 0.3) is 11.6 Å². The number of hydrogen-bond donors (Lipinski definition) is 1. The summed E-state index contributed by atoms with van der Waals surface area (Å²) < 4.78 is 23.0. The molecule has 8 heteroatoms. The fraction of sp³-hybridized carbons (Fsp3) is 0.417. The molecule has 20 heavy (non-hydrogen) atoms. The predicted octanol–water partition coefficient (Wildman–Crippen LogP) is 1.13. The number of benzene rings is 1. The smallest absolute Gasteiger partial charge is 0.282 e. The van der Waals surface area contributed by atoms with E-state index in [2.05, 4.69) is 5.32 Å². The Morgan fingerprint density at radius 3 is 2.75 bits per heavy atom. The first kappa shape index (κ1) is 16.0. The highest BCUT2D eigenvalue weighted by atomic mass is 19.1. The average molecular weight is 286 g/mol. The largest absolute Gasteiger partial charge is 0.382 e. The van der Waals surface area contributed by atoms with Crippen molar-refractivity contribution in [2.24, 2.45) is 0 Å². The van der Waals surface area contributed by atoms with E-state index >= 15 is 0 Å². The van der Waals surface area contributed by atoms with Crippen molar-refractivity contribution in [3.63, 3.8) is 0 Å². The van der Waals surface area contributed by atoms with Crippen LogP contribution in [0.1, 0.15) is 10.4 Å². The van der Waals surface area contributed by atoms with Gasteiger partial charge in [-0.2, -0.15) is 0 Å². The first-order valence-electron chi connectivity index (χ1n) is 5.73. The lowest BCUT2D eigenvalue weighted by Crippen LogP contribution is -2.35. The van der Waals surface area contributed by atoms with Crippen molar-refractivity contribution in [2.75, 3.05) is 27.4 Å². The number of ether oxygens (including phenoxy) is 2. The summed E-state index contributed by atoms with van der Waals surface area (Å²) in [5.74, 6) is -1.46. The molecule has 7 nitrogen and oxygen atoms in total. The summed E-state index contributed by atoms with van der Waals surface area (Å²) in [4.78, 5) is 21.9. The molecular weight excluding hydrogens is 271 g/mol. The molecule has 1 N–H and O–H groups in total. The lowest BCUT2D eigenvalue weighted by Gasteiger charge is -2.15. The number of methoxy groups -OCH3 is 2. The van der Waals surface area contributed by atoms with Crippen LogP contribution < -0.4 is 5.32 Å². The van der Waals surface area contributed by atoms with Gasteiger partial charge in [-0.3, -0.25) is 14.9 Å². The molecule has 1 rings (SSSR count). The minimum atomic E-state index is -0.741. The van der Waals surface area contributed by atoms with Gasteiger partial charge in [-0.05, 0) is 12.1 Å². The fourth-order valence-electron chi connectivity index (χ4n) is 1.55. The van der Waals surface area contributed by atoms with Crippen molar-refractivity contribution in [3.05, 3.63) is 39.7 Å². The molecule has 0 fully saturated rings. The molecule has 0 radical (unpaired) electrons. The molecule has 1 unspecified atom stereocenters. The SMILES string of the molecule is COCC(CNC(=O)c1cc(F)ccc1[N+](=O)[O-])OC. The second-order valence-electron chi connectivity index (χ2n) is 3.94. The van der Waals surface area contributed by atoms with Crippen molar-refractivity contribution < 1.29 is 23.6 Å². The maximum absolute atomic E-state index is 13.1. The van der Waals surface area contributed by atoms with Crippen molar-refractivity contribution in [3.8, 4) is 0 Å². The van der Waals surface area contributed by atoms with Gasteiger partial charge in [-0.25, -0.2) is 4.39 Å². The molecule has 0 aliphatic heterocycles. The van der Waals surface area contributed by atoms with E-state index in [1.54, 1.807) is 0 Å². The lowest BCUT2D eigenvalue weighted by atomic mass is 10.1. The number of carbonyl (C=O) groups excluding carboxylic acids is 1.